The third kappa shape index (κ3) is 9.23. The zero-order chi connectivity index (χ0) is 31.9. The normalized spacial score (nSPS) is 13.7. The molecule has 3 amide bonds. The second-order valence-corrected chi connectivity index (χ2v) is 13.1. The van der Waals surface area contributed by atoms with Gasteiger partial charge in [0.1, 0.15) is 17.7 Å². The molecule has 3 rings (SSSR count). The van der Waals surface area contributed by atoms with Crippen LogP contribution in [0.15, 0.2) is 60.7 Å². The summed E-state index contributed by atoms with van der Waals surface area (Å²) in [5.41, 5.74) is 2.58. The molecule has 0 spiro atoms. The number of rotatable bonds is 11. The highest BCUT2D eigenvalue weighted by Crippen LogP contribution is 2.32. The Morgan fingerprint density at radius 1 is 0.907 bits per heavy atom. The summed E-state index contributed by atoms with van der Waals surface area (Å²) in [5.74, 6) is -0.275. The van der Waals surface area contributed by atoms with Gasteiger partial charge in [-0.25, -0.2) is 4.79 Å². The van der Waals surface area contributed by atoms with Crippen LogP contribution in [0.3, 0.4) is 0 Å². The number of fused-ring (bicyclic) bond motifs is 1. The van der Waals surface area contributed by atoms with Crippen molar-refractivity contribution in [3.05, 3.63) is 77.4 Å². The van der Waals surface area contributed by atoms with Gasteiger partial charge in [-0.3, -0.25) is 9.59 Å². The molecule has 3 atom stereocenters. The van der Waals surface area contributed by atoms with Crippen LogP contribution in [-0.2, 0) is 14.3 Å². The lowest BCUT2D eigenvalue weighted by atomic mass is 9.92. The maximum absolute atomic E-state index is 14.4. The topological polar surface area (TPSA) is 87.7 Å². The minimum atomic E-state index is -0.999. The number of alkyl carbamates (subject to hydrolysis) is 1. The number of carbonyl (C=O) groups is 3. The number of hydrogen-bond donors (Lipinski definition) is 3. The van der Waals surface area contributed by atoms with Crippen LogP contribution in [0, 0.1) is 19.8 Å². The van der Waals surface area contributed by atoms with E-state index in [0.717, 1.165) is 33.9 Å². The Morgan fingerprint density at radius 2 is 1.58 bits per heavy atom. The Kier molecular flexibility index (Phi) is 11.7. The number of aryl methyl sites for hydroxylation is 1. The Bertz CT molecular complexity index is 1430. The van der Waals surface area contributed by atoms with Crippen LogP contribution in [-0.4, -0.2) is 46.2 Å². The fourth-order valence-electron chi connectivity index (χ4n) is 5.09. The van der Waals surface area contributed by atoms with Gasteiger partial charge in [0.15, 0.2) is 0 Å². The van der Waals surface area contributed by atoms with Crippen LogP contribution in [0.25, 0.3) is 10.8 Å². The van der Waals surface area contributed by atoms with Gasteiger partial charge in [-0.05, 0) is 99.9 Å². The second kappa shape index (κ2) is 14.8. The van der Waals surface area contributed by atoms with Crippen molar-refractivity contribution in [1.82, 2.24) is 10.2 Å². The molecular formula is C35H47N3O4S. The van der Waals surface area contributed by atoms with E-state index in [2.05, 4.69) is 37.1 Å². The van der Waals surface area contributed by atoms with Crippen molar-refractivity contribution < 1.29 is 19.1 Å². The summed E-state index contributed by atoms with van der Waals surface area (Å²) in [6.45, 7) is 15.5. The van der Waals surface area contributed by atoms with E-state index in [1.165, 1.54) is 0 Å². The molecule has 0 aromatic heterocycles. The number of hydrogen-bond acceptors (Lipinski definition) is 5. The molecule has 7 nitrogen and oxygen atoms in total. The largest absolute Gasteiger partial charge is 0.444 e. The van der Waals surface area contributed by atoms with Gasteiger partial charge in [-0.1, -0.05) is 62.4 Å². The number of amides is 3. The minimum Gasteiger partial charge on any atom is -0.444 e. The number of nitrogens with one attached hydrogen (secondary N) is 2. The summed E-state index contributed by atoms with van der Waals surface area (Å²) in [5, 5.41) is 7.87. The van der Waals surface area contributed by atoms with Crippen LogP contribution in [0.5, 0.6) is 0 Å². The van der Waals surface area contributed by atoms with E-state index in [1.54, 1.807) is 25.7 Å². The highest BCUT2D eigenvalue weighted by Gasteiger charge is 2.39. The van der Waals surface area contributed by atoms with Crippen LogP contribution in [0.1, 0.15) is 77.1 Å². The van der Waals surface area contributed by atoms with Gasteiger partial charge in [-0.15, -0.1) is 0 Å². The van der Waals surface area contributed by atoms with E-state index in [9.17, 15) is 14.4 Å². The van der Waals surface area contributed by atoms with Gasteiger partial charge < -0.3 is 20.3 Å². The lowest BCUT2D eigenvalue weighted by Gasteiger charge is -2.39. The number of benzene rings is 3. The van der Waals surface area contributed by atoms with Crippen molar-refractivity contribution in [2.45, 2.75) is 92.0 Å². The molecule has 2 N–H and O–H groups in total. The summed E-state index contributed by atoms with van der Waals surface area (Å²) in [6, 6.07) is 17.3. The van der Waals surface area contributed by atoms with Crippen molar-refractivity contribution in [2.75, 3.05) is 11.1 Å². The average molecular weight is 606 g/mol. The van der Waals surface area contributed by atoms with Gasteiger partial charge in [0.2, 0.25) is 5.91 Å². The quantitative estimate of drug-likeness (QED) is 0.196. The van der Waals surface area contributed by atoms with Crippen molar-refractivity contribution in [3.63, 3.8) is 0 Å². The first-order chi connectivity index (χ1) is 20.2. The molecule has 3 aromatic carbocycles. The van der Waals surface area contributed by atoms with Gasteiger partial charge >= 0.3 is 6.09 Å². The Labute approximate surface area is 262 Å². The predicted molar refractivity (Wildman–Crippen MR) is 179 cm³/mol. The minimum absolute atomic E-state index is 0.0390. The summed E-state index contributed by atoms with van der Waals surface area (Å²) in [7, 11) is 0. The number of nitrogens with zero attached hydrogens (tertiary/aromatic N) is 1. The van der Waals surface area contributed by atoms with Crippen LogP contribution in [0.4, 0.5) is 10.5 Å². The van der Waals surface area contributed by atoms with Crippen molar-refractivity contribution >= 4 is 47.0 Å². The smallest absolute Gasteiger partial charge is 0.408 e. The van der Waals surface area contributed by atoms with E-state index in [0.29, 0.717) is 18.0 Å². The van der Waals surface area contributed by atoms with E-state index in [1.807, 2.05) is 81.4 Å². The van der Waals surface area contributed by atoms with Gasteiger partial charge in [0, 0.05) is 17.5 Å². The molecule has 0 saturated heterocycles. The first-order valence-corrected chi connectivity index (χ1v) is 15.6. The van der Waals surface area contributed by atoms with Crippen LogP contribution >= 0.6 is 12.6 Å². The molecule has 0 bridgehead atoms. The Morgan fingerprint density at radius 3 is 2.21 bits per heavy atom. The maximum atomic E-state index is 14.4. The average Bonchev–Trinajstić information content (AvgIpc) is 2.93. The van der Waals surface area contributed by atoms with E-state index >= 15 is 0 Å². The molecule has 0 aliphatic rings. The SMILES string of the molecule is Cc1cccc(C(C(=O)Nc2ccc3ccccc3c2)N(C(=O)C(CS)NC(=O)OC(C)(C)C)C(C)CCC(C)C)c1C. The zero-order valence-electron chi connectivity index (χ0n) is 26.7. The lowest BCUT2D eigenvalue weighted by Crippen LogP contribution is -2.55. The Balaban J connectivity index is 2.10. The van der Waals surface area contributed by atoms with Crippen molar-refractivity contribution in [3.8, 4) is 0 Å². The molecule has 232 valence electrons. The molecule has 0 heterocycles. The van der Waals surface area contributed by atoms with E-state index in [4.69, 9.17) is 4.74 Å². The fraction of sp³-hybridized carbons (Fsp3) is 0.457. The number of carbonyl (C=O) groups excluding carboxylic acids is 3. The Hall–Kier alpha value is -3.52. The molecule has 0 aliphatic heterocycles. The van der Waals surface area contributed by atoms with E-state index < -0.39 is 29.7 Å². The summed E-state index contributed by atoms with van der Waals surface area (Å²) in [4.78, 5) is 43.2. The fourth-order valence-corrected chi connectivity index (χ4v) is 5.34. The molecule has 0 fully saturated rings. The molecular weight excluding hydrogens is 558 g/mol. The summed E-state index contributed by atoms with van der Waals surface area (Å²) < 4.78 is 5.45. The standard InChI is InChI=1S/C35H47N3O4S/c1-22(2)16-17-24(4)38(33(40)30(21-43)37-34(41)42-35(6,7)8)31(29-15-11-12-23(3)25(29)5)32(39)36-28-19-18-26-13-9-10-14-27(26)20-28/h9-15,18-20,22,24,30-31,43H,16-17,21H2,1-8H3,(H,36,39)(H,37,41). The first kappa shape index (κ1) is 34.0. The summed E-state index contributed by atoms with van der Waals surface area (Å²) in [6.07, 6.45) is 0.834. The predicted octanol–water partition coefficient (Wildman–Crippen LogP) is 7.61. The van der Waals surface area contributed by atoms with Gasteiger partial charge in [0.25, 0.3) is 5.91 Å². The molecule has 0 saturated carbocycles. The highest BCUT2D eigenvalue weighted by molar-refractivity contribution is 7.80. The molecule has 3 aromatic rings. The molecule has 3 unspecified atom stereocenters. The van der Waals surface area contributed by atoms with Gasteiger partial charge in [0.05, 0.1) is 0 Å². The first-order valence-electron chi connectivity index (χ1n) is 15.0. The highest BCUT2D eigenvalue weighted by atomic mass is 32.1. The lowest BCUT2D eigenvalue weighted by molar-refractivity contribution is -0.143. The number of ether oxygens (including phenoxy) is 1. The molecule has 8 heteroatoms. The van der Waals surface area contributed by atoms with Crippen molar-refractivity contribution in [2.24, 2.45) is 5.92 Å². The second-order valence-electron chi connectivity index (χ2n) is 12.7. The third-order valence-corrected chi connectivity index (χ3v) is 7.91. The van der Waals surface area contributed by atoms with Crippen LogP contribution < -0.4 is 10.6 Å². The maximum Gasteiger partial charge on any atom is 0.408 e. The molecule has 0 aliphatic carbocycles. The van der Waals surface area contributed by atoms with Gasteiger partial charge in [-0.2, -0.15) is 12.6 Å². The van der Waals surface area contributed by atoms with Crippen LogP contribution in [0.2, 0.25) is 0 Å². The monoisotopic (exact) mass is 605 g/mol. The number of anilines is 1. The third-order valence-electron chi connectivity index (χ3n) is 7.55. The summed E-state index contributed by atoms with van der Waals surface area (Å²) >= 11 is 4.43. The molecule has 43 heavy (non-hydrogen) atoms. The number of thiol groups is 1. The van der Waals surface area contributed by atoms with Crippen molar-refractivity contribution in [1.29, 1.82) is 0 Å². The molecule has 0 radical (unpaired) electrons. The zero-order valence-corrected chi connectivity index (χ0v) is 27.6. The van der Waals surface area contributed by atoms with E-state index in [-0.39, 0.29) is 17.7 Å².